The molecule has 10 nitrogen and oxygen atoms in total. The van der Waals surface area contributed by atoms with Gasteiger partial charge in [-0.1, -0.05) is 0 Å². The number of carbonyl (C=O) groups is 1. The van der Waals surface area contributed by atoms with E-state index in [-0.39, 0.29) is 17.5 Å². The van der Waals surface area contributed by atoms with Gasteiger partial charge in [0.15, 0.2) is 4.77 Å². The molecule has 11 heteroatoms. The molecule has 2 aromatic rings. The Labute approximate surface area is 161 Å². The molecule has 0 saturated carbocycles. The summed E-state index contributed by atoms with van der Waals surface area (Å²) in [4.78, 5) is 25.4. The van der Waals surface area contributed by atoms with Crippen LogP contribution in [0.3, 0.4) is 0 Å². The van der Waals surface area contributed by atoms with E-state index >= 15 is 0 Å². The van der Waals surface area contributed by atoms with Crippen LogP contribution >= 0.6 is 12.2 Å². The summed E-state index contributed by atoms with van der Waals surface area (Å²) >= 11 is 5.27. The zero-order valence-electron chi connectivity index (χ0n) is 15.6. The third-order valence-corrected chi connectivity index (χ3v) is 5.37. The van der Waals surface area contributed by atoms with Crippen LogP contribution in [0.25, 0.3) is 0 Å². The van der Waals surface area contributed by atoms with Gasteiger partial charge in [0.2, 0.25) is 5.91 Å². The van der Waals surface area contributed by atoms with Crippen LogP contribution in [0.2, 0.25) is 0 Å². The lowest BCUT2D eigenvalue weighted by molar-refractivity contribution is -0.385. The molecule has 0 bridgehead atoms. The second kappa shape index (κ2) is 7.22. The summed E-state index contributed by atoms with van der Waals surface area (Å²) in [5, 5.41) is 22.1. The molecule has 0 spiro atoms. The van der Waals surface area contributed by atoms with Crippen molar-refractivity contribution in [3.63, 3.8) is 0 Å². The van der Waals surface area contributed by atoms with Crippen LogP contribution in [0.5, 0.6) is 0 Å². The van der Waals surface area contributed by atoms with Crippen molar-refractivity contribution in [2.24, 2.45) is 0 Å². The van der Waals surface area contributed by atoms with E-state index in [1.807, 2.05) is 11.5 Å². The molecule has 1 saturated heterocycles. The van der Waals surface area contributed by atoms with E-state index in [9.17, 15) is 14.9 Å². The molecule has 27 heavy (non-hydrogen) atoms. The molecule has 3 rings (SSSR count). The molecule has 0 aromatic carbocycles. The van der Waals surface area contributed by atoms with E-state index in [0.29, 0.717) is 17.9 Å². The molecule has 146 valence electrons. The van der Waals surface area contributed by atoms with Gasteiger partial charge in [-0.3, -0.25) is 24.7 Å². The standard InChI is InChI=1S/C16H23N7O3S/c1-4-21-13(18-19-15(21)27)11-6-5-7-20(9-11)14(24)16(2,3)22-10-12(8-17-22)23(25)26/h8,10-11H,4-7,9H2,1-3H3,(H,19,27). The molecule has 1 aliphatic heterocycles. The van der Waals surface area contributed by atoms with Gasteiger partial charge in [-0.25, -0.2) is 0 Å². The molecular formula is C16H23N7O3S. The molecular weight excluding hydrogens is 370 g/mol. The maximum Gasteiger partial charge on any atom is 0.307 e. The number of H-pyrrole nitrogens is 1. The summed E-state index contributed by atoms with van der Waals surface area (Å²) < 4.78 is 3.90. The van der Waals surface area contributed by atoms with Gasteiger partial charge < -0.3 is 9.47 Å². The molecule has 1 amide bonds. The number of nitro groups is 1. The minimum Gasteiger partial charge on any atom is -0.340 e. The predicted octanol–water partition coefficient (Wildman–Crippen LogP) is 2.21. The fourth-order valence-corrected chi connectivity index (χ4v) is 3.79. The largest absolute Gasteiger partial charge is 0.340 e. The molecule has 0 aliphatic carbocycles. The van der Waals surface area contributed by atoms with E-state index in [4.69, 9.17) is 12.2 Å². The highest BCUT2D eigenvalue weighted by atomic mass is 32.1. The highest BCUT2D eigenvalue weighted by Gasteiger charge is 2.38. The number of aromatic nitrogens is 5. The minimum atomic E-state index is -1.02. The summed E-state index contributed by atoms with van der Waals surface area (Å²) in [6.45, 7) is 7.34. The first-order chi connectivity index (χ1) is 12.8. The van der Waals surface area contributed by atoms with Crippen LogP contribution in [0.4, 0.5) is 5.69 Å². The first-order valence-corrected chi connectivity index (χ1v) is 9.30. The lowest BCUT2D eigenvalue weighted by Crippen LogP contribution is -2.50. The lowest BCUT2D eigenvalue weighted by atomic mass is 9.94. The van der Waals surface area contributed by atoms with Crippen LogP contribution in [0.15, 0.2) is 12.4 Å². The predicted molar refractivity (Wildman–Crippen MR) is 99.8 cm³/mol. The molecule has 1 fully saturated rings. The molecule has 2 aromatic heterocycles. The van der Waals surface area contributed by atoms with Gasteiger partial charge in [-0.05, 0) is 45.8 Å². The second-order valence-electron chi connectivity index (χ2n) is 7.18. The zero-order chi connectivity index (χ0) is 19.8. The molecule has 3 heterocycles. The van der Waals surface area contributed by atoms with Crippen LogP contribution in [-0.4, -0.2) is 53.4 Å². The third kappa shape index (κ3) is 3.51. The monoisotopic (exact) mass is 393 g/mol. The zero-order valence-corrected chi connectivity index (χ0v) is 16.4. The summed E-state index contributed by atoms with van der Waals surface area (Å²) in [5.74, 6) is 0.841. The van der Waals surface area contributed by atoms with Crippen LogP contribution in [0.1, 0.15) is 45.4 Å². The van der Waals surface area contributed by atoms with E-state index in [1.54, 1.807) is 18.7 Å². The number of carbonyl (C=O) groups excluding carboxylic acids is 1. The number of hydrogen-bond donors (Lipinski definition) is 1. The summed E-state index contributed by atoms with van der Waals surface area (Å²) in [6.07, 6.45) is 4.24. The fourth-order valence-electron chi connectivity index (χ4n) is 3.52. The highest BCUT2D eigenvalue weighted by Crippen LogP contribution is 2.29. The van der Waals surface area contributed by atoms with Crippen molar-refractivity contribution in [1.82, 2.24) is 29.4 Å². The van der Waals surface area contributed by atoms with Crippen molar-refractivity contribution in [1.29, 1.82) is 0 Å². The van der Waals surface area contributed by atoms with Crippen LogP contribution in [0, 0.1) is 14.9 Å². The van der Waals surface area contributed by atoms with Crippen molar-refractivity contribution >= 4 is 23.8 Å². The number of hydrogen-bond acceptors (Lipinski definition) is 6. The smallest absolute Gasteiger partial charge is 0.307 e. The fraction of sp³-hybridized carbons (Fsp3) is 0.625. The van der Waals surface area contributed by atoms with Crippen LogP contribution < -0.4 is 0 Å². The van der Waals surface area contributed by atoms with Crippen molar-refractivity contribution in [3.05, 3.63) is 33.1 Å². The maximum atomic E-state index is 13.2. The van der Waals surface area contributed by atoms with Crippen molar-refractivity contribution in [2.75, 3.05) is 13.1 Å². The first kappa shape index (κ1) is 19.2. The average molecular weight is 393 g/mol. The number of aromatic amines is 1. The van der Waals surface area contributed by atoms with Gasteiger partial charge in [0.05, 0.1) is 4.92 Å². The Morgan fingerprint density at radius 1 is 1.52 bits per heavy atom. The van der Waals surface area contributed by atoms with Crippen molar-refractivity contribution in [3.8, 4) is 0 Å². The number of nitrogens with zero attached hydrogens (tertiary/aromatic N) is 6. The summed E-state index contributed by atoms with van der Waals surface area (Å²) in [5.41, 5.74) is -1.16. The normalized spacial score (nSPS) is 17.9. The number of piperidine rings is 1. The van der Waals surface area contributed by atoms with Gasteiger partial charge in [-0.15, -0.1) is 0 Å². The number of rotatable bonds is 5. The van der Waals surface area contributed by atoms with E-state index < -0.39 is 10.5 Å². The van der Waals surface area contributed by atoms with E-state index in [1.165, 1.54) is 10.9 Å². The Balaban J connectivity index is 1.81. The Kier molecular flexibility index (Phi) is 5.13. The maximum absolute atomic E-state index is 13.2. The first-order valence-electron chi connectivity index (χ1n) is 8.89. The highest BCUT2D eigenvalue weighted by molar-refractivity contribution is 7.71. The molecule has 1 aliphatic rings. The Morgan fingerprint density at radius 2 is 2.26 bits per heavy atom. The van der Waals surface area contributed by atoms with Gasteiger partial charge in [0, 0.05) is 25.6 Å². The van der Waals surface area contributed by atoms with Gasteiger partial charge >= 0.3 is 5.69 Å². The van der Waals surface area contributed by atoms with Crippen LogP contribution in [-0.2, 0) is 16.9 Å². The van der Waals surface area contributed by atoms with E-state index in [2.05, 4.69) is 15.3 Å². The van der Waals surface area contributed by atoms with Gasteiger partial charge in [0.25, 0.3) is 0 Å². The second-order valence-corrected chi connectivity index (χ2v) is 7.57. The topological polar surface area (TPSA) is 115 Å². The van der Waals surface area contributed by atoms with E-state index in [0.717, 1.165) is 31.4 Å². The number of likely N-dealkylation sites (tertiary alicyclic amines) is 1. The van der Waals surface area contributed by atoms with Gasteiger partial charge in [0.1, 0.15) is 23.8 Å². The minimum absolute atomic E-state index is 0.0957. The quantitative estimate of drug-likeness (QED) is 0.473. The average Bonchev–Trinajstić information content (AvgIpc) is 3.28. The molecule has 0 radical (unpaired) electrons. The number of amides is 1. The molecule has 1 unspecified atom stereocenters. The summed E-state index contributed by atoms with van der Waals surface area (Å²) in [6, 6.07) is 0. The Hall–Kier alpha value is -2.56. The van der Waals surface area contributed by atoms with Crippen molar-refractivity contribution < 1.29 is 9.72 Å². The lowest BCUT2D eigenvalue weighted by Gasteiger charge is -2.37. The molecule has 1 atom stereocenters. The van der Waals surface area contributed by atoms with Crippen molar-refractivity contribution in [2.45, 2.75) is 51.6 Å². The number of nitrogens with one attached hydrogen (secondary N) is 1. The molecule has 1 N–H and O–H groups in total. The Morgan fingerprint density at radius 3 is 2.89 bits per heavy atom. The summed E-state index contributed by atoms with van der Waals surface area (Å²) in [7, 11) is 0. The Bertz CT molecular complexity index is 913. The van der Waals surface area contributed by atoms with Gasteiger partial charge in [-0.2, -0.15) is 10.2 Å². The SMILES string of the molecule is CCn1c(C2CCCN(C(=O)C(C)(C)n3cc([N+](=O)[O-])cn3)C2)n[nH]c1=S. The third-order valence-electron chi connectivity index (χ3n) is 5.05.